The first kappa shape index (κ1) is 6.93. The van der Waals surface area contributed by atoms with Crippen LogP contribution in [0.15, 0.2) is 30.3 Å². The minimum absolute atomic E-state index is 0. The maximum absolute atomic E-state index is 8.63. The van der Waals surface area contributed by atoms with Crippen LogP contribution in [0.4, 0.5) is 0 Å². The summed E-state index contributed by atoms with van der Waals surface area (Å²) in [6.07, 6.45) is 0. The largest absolute Gasteiger partial charge is 0.508 e. The summed E-state index contributed by atoms with van der Waals surface area (Å²) in [6, 6.07) is 8.71. The van der Waals surface area contributed by atoms with E-state index in [1.165, 1.54) is 0 Å². The second-order valence-corrected chi connectivity index (χ2v) is 1.34. The van der Waals surface area contributed by atoms with Gasteiger partial charge in [-0.25, -0.2) is 0 Å². The van der Waals surface area contributed by atoms with Crippen LogP contribution in [0.2, 0.25) is 0 Å². The molecule has 0 spiro atoms. The van der Waals surface area contributed by atoms with Crippen molar-refractivity contribution in [2.45, 2.75) is 0 Å². The summed E-state index contributed by atoms with van der Waals surface area (Å²) in [5.41, 5.74) is 0. The quantitative estimate of drug-likeness (QED) is 0.540. The topological polar surface area (TPSA) is 20.2 Å². The van der Waals surface area contributed by atoms with Crippen molar-refractivity contribution in [2.24, 2.45) is 0 Å². The van der Waals surface area contributed by atoms with Crippen LogP contribution in [-0.4, -0.2) is 5.11 Å². The summed E-state index contributed by atoms with van der Waals surface area (Å²) in [7, 11) is 0. The van der Waals surface area contributed by atoms with Gasteiger partial charge in [0.05, 0.1) is 0 Å². The predicted octanol–water partition coefficient (Wildman–Crippen LogP) is 1.39. The SMILES string of the molecule is Oc1ccccc1.[Ne]. The molecule has 44 valence electrons. The van der Waals surface area contributed by atoms with Gasteiger partial charge in [0.1, 0.15) is 5.75 Å². The molecule has 0 saturated carbocycles. The van der Waals surface area contributed by atoms with Crippen LogP contribution in [-0.2, 0) is 0 Å². The van der Waals surface area contributed by atoms with Crippen molar-refractivity contribution in [1.29, 1.82) is 0 Å². The Labute approximate surface area is 48.4 Å². The summed E-state index contributed by atoms with van der Waals surface area (Å²) in [4.78, 5) is 0. The van der Waals surface area contributed by atoms with E-state index >= 15 is 0 Å². The van der Waals surface area contributed by atoms with Crippen LogP contribution in [0.1, 0.15) is 0 Å². The van der Waals surface area contributed by atoms with Crippen molar-refractivity contribution in [3.63, 3.8) is 0 Å². The van der Waals surface area contributed by atoms with Crippen molar-refractivity contribution in [2.75, 3.05) is 0 Å². The first-order chi connectivity index (χ1) is 3.39. The molecule has 1 N–H and O–H groups in total. The first-order valence-electron chi connectivity index (χ1n) is 2.13. The molecule has 0 atom stereocenters. The van der Waals surface area contributed by atoms with Gasteiger partial charge in [0.15, 0.2) is 0 Å². The molecular weight excluding hydrogens is 108 g/mol. The van der Waals surface area contributed by atoms with Gasteiger partial charge in [0.2, 0.25) is 0 Å². The average Bonchev–Trinajstić information content (AvgIpc) is 1.69. The Morgan fingerprint density at radius 1 is 1.00 bits per heavy atom. The van der Waals surface area contributed by atoms with Crippen LogP contribution < -0.4 is 0 Å². The standard InChI is InChI=1S/C6H6O.Ne/c7-6-4-2-1-3-5-6;/h1-5,7H;. The molecular formula is C6H6NeO. The molecule has 0 radical (unpaired) electrons. The van der Waals surface area contributed by atoms with Gasteiger partial charge in [-0.3, -0.25) is 0 Å². The molecule has 1 aromatic carbocycles. The van der Waals surface area contributed by atoms with Crippen LogP contribution in [0.3, 0.4) is 0 Å². The Balaban J connectivity index is 0.000000490. The molecule has 2 heteroatoms. The summed E-state index contributed by atoms with van der Waals surface area (Å²) in [5.74, 6) is 0.322. The minimum atomic E-state index is 0. The van der Waals surface area contributed by atoms with Gasteiger partial charge in [0, 0.05) is 6.15 Å². The molecule has 0 unspecified atom stereocenters. The summed E-state index contributed by atoms with van der Waals surface area (Å²) in [6.45, 7) is 0. The predicted molar refractivity (Wildman–Crippen MR) is 28.1 cm³/mol. The van der Waals surface area contributed by atoms with E-state index in [0.29, 0.717) is 5.75 Å². The Morgan fingerprint density at radius 2 is 1.50 bits per heavy atom. The number of phenols is 1. The number of hydrogen-bond donors (Lipinski definition) is 1. The van der Waals surface area contributed by atoms with Crippen LogP contribution >= 0.6 is 0 Å². The molecule has 1 rings (SSSR count). The molecule has 0 amide bonds. The third kappa shape index (κ3) is 1.58. The molecule has 0 aliphatic carbocycles. The van der Waals surface area contributed by atoms with E-state index in [0.717, 1.165) is 0 Å². The Kier molecular flexibility index (Phi) is 2.60. The zero-order valence-electron chi connectivity index (χ0n) is 4.19. The first-order valence-corrected chi connectivity index (χ1v) is 2.13. The number of hydrogen-bond acceptors (Lipinski definition) is 1. The van der Waals surface area contributed by atoms with E-state index in [1.807, 2.05) is 6.07 Å². The maximum atomic E-state index is 8.63. The number of para-hydroxylation sites is 1. The zero-order valence-corrected chi connectivity index (χ0v) is 4.19. The van der Waals surface area contributed by atoms with Crippen molar-refractivity contribution in [3.8, 4) is 5.75 Å². The maximum Gasteiger partial charge on any atom is 0.115 e. The van der Waals surface area contributed by atoms with E-state index in [4.69, 9.17) is 5.11 Å². The van der Waals surface area contributed by atoms with E-state index in [2.05, 4.69) is 0 Å². The molecule has 8 heavy (non-hydrogen) atoms. The number of benzene rings is 1. The summed E-state index contributed by atoms with van der Waals surface area (Å²) < 4.78 is 0. The van der Waals surface area contributed by atoms with Crippen molar-refractivity contribution in [3.05, 3.63) is 30.3 Å². The molecule has 0 aliphatic rings. The van der Waals surface area contributed by atoms with Gasteiger partial charge in [-0.2, -0.15) is 0 Å². The summed E-state index contributed by atoms with van der Waals surface area (Å²) in [5, 5.41) is 8.63. The fourth-order valence-electron chi connectivity index (χ4n) is 0.428. The fraction of sp³-hybridized carbons (Fsp3) is 0. The molecule has 0 aromatic heterocycles. The van der Waals surface area contributed by atoms with Gasteiger partial charge in [0.25, 0.3) is 0 Å². The Bertz CT molecular complexity index is 138. The van der Waals surface area contributed by atoms with Crippen LogP contribution in [0, 0.1) is 6.15 Å². The van der Waals surface area contributed by atoms with Gasteiger partial charge in [-0.05, 0) is 12.1 Å². The minimum Gasteiger partial charge on any atom is -0.508 e. The molecule has 0 fully saturated rings. The Hall–Kier alpha value is -1.07. The fourth-order valence-corrected chi connectivity index (χ4v) is 0.428. The average molecular weight is 114 g/mol. The molecule has 0 aliphatic heterocycles. The smallest absolute Gasteiger partial charge is 0.115 e. The van der Waals surface area contributed by atoms with Gasteiger partial charge in [-0.1, -0.05) is 18.2 Å². The van der Waals surface area contributed by atoms with Gasteiger partial charge < -0.3 is 5.11 Å². The van der Waals surface area contributed by atoms with Gasteiger partial charge >= 0.3 is 0 Å². The number of aromatic hydroxyl groups is 1. The molecule has 1 nitrogen and oxygen atoms in total. The third-order valence-corrected chi connectivity index (χ3v) is 0.756. The second kappa shape index (κ2) is 3.00. The van der Waals surface area contributed by atoms with E-state index in [1.54, 1.807) is 24.3 Å². The molecule has 0 bridgehead atoms. The summed E-state index contributed by atoms with van der Waals surface area (Å²) >= 11 is 0. The monoisotopic (exact) mass is 114 g/mol. The van der Waals surface area contributed by atoms with E-state index in [9.17, 15) is 0 Å². The van der Waals surface area contributed by atoms with Crippen molar-refractivity contribution >= 4 is 0 Å². The number of rotatable bonds is 0. The molecule has 0 heterocycles. The van der Waals surface area contributed by atoms with Gasteiger partial charge in [-0.15, -0.1) is 0 Å². The molecule has 0 saturated heterocycles. The van der Waals surface area contributed by atoms with E-state index < -0.39 is 0 Å². The number of phenolic OH excluding ortho intramolecular Hbond substituents is 1. The third-order valence-electron chi connectivity index (χ3n) is 0.756. The van der Waals surface area contributed by atoms with Crippen LogP contribution in [0.5, 0.6) is 5.75 Å². The Morgan fingerprint density at radius 3 is 1.75 bits per heavy atom. The van der Waals surface area contributed by atoms with Crippen molar-refractivity contribution in [1.82, 2.24) is 0 Å². The second-order valence-electron chi connectivity index (χ2n) is 1.34. The van der Waals surface area contributed by atoms with E-state index in [-0.39, 0.29) is 6.15 Å². The normalized spacial score (nSPS) is 7.50. The van der Waals surface area contributed by atoms with Crippen LogP contribution in [0.25, 0.3) is 0 Å². The van der Waals surface area contributed by atoms with Crippen molar-refractivity contribution < 1.29 is 11.3 Å². The zero-order chi connectivity index (χ0) is 5.11. The molecule has 1 aromatic rings.